The van der Waals surface area contributed by atoms with Crippen molar-refractivity contribution in [3.05, 3.63) is 0 Å². The summed E-state index contributed by atoms with van der Waals surface area (Å²) in [5, 5.41) is 0. The largest absolute Gasteiger partial charge is 0.463 e. The van der Waals surface area contributed by atoms with Crippen LogP contribution in [0.15, 0.2) is 0 Å². The van der Waals surface area contributed by atoms with Gasteiger partial charge >= 0.3 is 5.97 Å². The van der Waals surface area contributed by atoms with E-state index in [4.69, 9.17) is 9.47 Å². The summed E-state index contributed by atoms with van der Waals surface area (Å²) in [5.41, 5.74) is -0.412. The van der Waals surface area contributed by atoms with Crippen LogP contribution in [0.3, 0.4) is 0 Å². The van der Waals surface area contributed by atoms with Gasteiger partial charge in [0, 0.05) is 6.42 Å². The molecule has 0 fully saturated rings. The third-order valence-corrected chi connectivity index (χ3v) is 4.57. The van der Waals surface area contributed by atoms with E-state index in [0.717, 1.165) is 38.5 Å². The minimum Gasteiger partial charge on any atom is -0.463 e. The summed E-state index contributed by atoms with van der Waals surface area (Å²) in [6.07, 6.45) is 9.85. The Balaban J connectivity index is 3.83. The zero-order chi connectivity index (χ0) is 18.4. The highest BCUT2D eigenvalue weighted by atomic mass is 16.5. The summed E-state index contributed by atoms with van der Waals surface area (Å²) in [4.78, 5) is 22.3. The van der Waals surface area contributed by atoms with Crippen LogP contribution < -0.4 is 0 Å². The Kier molecular flexibility index (Phi) is 12.7. The molecule has 0 spiro atoms. The minimum absolute atomic E-state index is 0.0132. The minimum atomic E-state index is -0.412. The molecule has 142 valence electrons. The standard InChI is InChI=1S/C20H38O4/c1-6-8-12-18(7-2)15-17(3)24-19(22)13-10-9-11-14-20(4,5)23-16-21/h16-18H,6-15H2,1-5H3. The predicted molar refractivity (Wildman–Crippen MR) is 97.8 cm³/mol. The van der Waals surface area contributed by atoms with E-state index in [-0.39, 0.29) is 12.1 Å². The zero-order valence-corrected chi connectivity index (χ0v) is 16.4. The van der Waals surface area contributed by atoms with E-state index < -0.39 is 5.60 Å². The molecular weight excluding hydrogens is 304 g/mol. The fourth-order valence-corrected chi connectivity index (χ4v) is 2.97. The molecule has 0 aliphatic carbocycles. The van der Waals surface area contributed by atoms with E-state index >= 15 is 0 Å². The van der Waals surface area contributed by atoms with Gasteiger partial charge in [-0.15, -0.1) is 0 Å². The second-order valence-corrected chi connectivity index (χ2v) is 7.49. The maximum atomic E-state index is 11.9. The van der Waals surface area contributed by atoms with E-state index in [1.165, 1.54) is 19.3 Å². The van der Waals surface area contributed by atoms with Gasteiger partial charge in [-0.3, -0.25) is 9.59 Å². The summed E-state index contributed by atoms with van der Waals surface area (Å²) in [5.74, 6) is 0.573. The van der Waals surface area contributed by atoms with Crippen molar-refractivity contribution in [2.45, 2.75) is 111 Å². The number of carbonyl (C=O) groups excluding carboxylic acids is 2. The molecule has 0 amide bonds. The third kappa shape index (κ3) is 12.4. The van der Waals surface area contributed by atoms with Gasteiger partial charge in [0.2, 0.25) is 0 Å². The van der Waals surface area contributed by atoms with Gasteiger partial charge in [-0.25, -0.2) is 0 Å². The van der Waals surface area contributed by atoms with Crippen LogP contribution in [0.2, 0.25) is 0 Å². The lowest BCUT2D eigenvalue weighted by atomic mass is 9.93. The van der Waals surface area contributed by atoms with Gasteiger partial charge in [0.15, 0.2) is 0 Å². The van der Waals surface area contributed by atoms with Crippen LogP contribution in [0.4, 0.5) is 0 Å². The SMILES string of the molecule is CCCCC(CC)CC(C)OC(=O)CCCCCC(C)(C)OC=O. The molecule has 4 nitrogen and oxygen atoms in total. The monoisotopic (exact) mass is 342 g/mol. The molecule has 0 saturated heterocycles. The highest BCUT2D eigenvalue weighted by Gasteiger charge is 2.18. The van der Waals surface area contributed by atoms with Crippen LogP contribution in [-0.2, 0) is 19.1 Å². The molecule has 2 unspecified atom stereocenters. The number of carbonyl (C=O) groups is 2. The average Bonchev–Trinajstić information content (AvgIpc) is 2.50. The summed E-state index contributed by atoms with van der Waals surface area (Å²) in [6.45, 7) is 10.7. The first-order valence-corrected chi connectivity index (χ1v) is 9.65. The normalized spacial score (nSPS) is 14.0. The molecule has 0 bridgehead atoms. The highest BCUT2D eigenvalue weighted by Crippen LogP contribution is 2.21. The van der Waals surface area contributed by atoms with E-state index in [1.54, 1.807) is 0 Å². The summed E-state index contributed by atoms with van der Waals surface area (Å²) in [7, 11) is 0. The van der Waals surface area contributed by atoms with Crippen molar-refractivity contribution in [1.29, 1.82) is 0 Å². The quantitative estimate of drug-likeness (QED) is 0.226. The Morgan fingerprint density at radius 2 is 1.83 bits per heavy atom. The first-order valence-electron chi connectivity index (χ1n) is 9.65. The molecule has 0 aliphatic rings. The molecule has 0 radical (unpaired) electrons. The smallest absolute Gasteiger partial charge is 0.306 e. The number of hydrogen-bond donors (Lipinski definition) is 0. The second-order valence-electron chi connectivity index (χ2n) is 7.49. The lowest BCUT2D eigenvalue weighted by Gasteiger charge is -2.22. The van der Waals surface area contributed by atoms with Crippen molar-refractivity contribution in [3.8, 4) is 0 Å². The van der Waals surface area contributed by atoms with Gasteiger partial charge in [0.25, 0.3) is 6.47 Å². The molecule has 0 heterocycles. The Morgan fingerprint density at radius 1 is 1.12 bits per heavy atom. The van der Waals surface area contributed by atoms with Crippen molar-refractivity contribution < 1.29 is 19.1 Å². The zero-order valence-electron chi connectivity index (χ0n) is 16.4. The van der Waals surface area contributed by atoms with E-state index in [2.05, 4.69) is 13.8 Å². The van der Waals surface area contributed by atoms with Crippen molar-refractivity contribution in [3.63, 3.8) is 0 Å². The Labute approximate surface area is 148 Å². The fraction of sp³-hybridized carbons (Fsp3) is 0.900. The molecule has 0 aromatic carbocycles. The second kappa shape index (κ2) is 13.3. The van der Waals surface area contributed by atoms with Crippen molar-refractivity contribution >= 4 is 12.4 Å². The molecule has 2 atom stereocenters. The molecule has 0 aliphatic heterocycles. The van der Waals surface area contributed by atoms with Crippen LogP contribution in [0.1, 0.15) is 98.8 Å². The molecule has 24 heavy (non-hydrogen) atoms. The molecule has 0 rings (SSSR count). The summed E-state index contributed by atoms with van der Waals surface area (Å²) < 4.78 is 10.6. The van der Waals surface area contributed by atoms with E-state index in [0.29, 0.717) is 18.8 Å². The maximum absolute atomic E-state index is 11.9. The number of hydrogen-bond acceptors (Lipinski definition) is 4. The molecular formula is C20H38O4. The van der Waals surface area contributed by atoms with Crippen LogP contribution in [0, 0.1) is 5.92 Å². The predicted octanol–water partition coefficient (Wildman–Crippen LogP) is 5.43. The van der Waals surface area contributed by atoms with Crippen molar-refractivity contribution in [2.75, 3.05) is 0 Å². The van der Waals surface area contributed by atoms with Gasteiger partial charge in [0.1, 0.15) is 5.60 Å². The van der Waals surface area contributed by atoms with Gasteiger partial charge in [-0.05, 0) is 52.4 Å². The number of esters is 1. The van der Waals surface area contributed by atoms with Crippen molar-refractivity contribution in [1.82, 2.24) is 0 Å². The molecule has 4 heteroatoms. The summed E-state index contributed by atoms with van der Waals surface area (Å²) >= 11 is 0. The highest BCUT2D eigenvalue weighted by molar-refractivity contribution is 5.69. The lowest BCUT2D eigenvalue weighted by molar-refractivity contribution is -0.149. The number of ether oxygens (including phenoxy) is 2. The van der Waals surface area contributed by atoms with Gasteiger partial charge < -0.3 is 9.47 Å². The van der Waals surface area contributed by atoms with Crippen LogP contribution in [-0.4, -0.2) is 24.1 Å². The average molecular weight is 343 g/mol. The van der Waals surface area contributed by atoms with Gasteiger partial charge in [-0.2, -0.15) is 0 Å². The first kappa shape index (κ1) is 22.9. The van der Waals surface area contributed by atoms with Crippen molar-refractivity contribution in [2.24, 2.45) is 5.92 Å². The third-order valence-electron chi connectivity index (χ3n) is 4.57. The maximum Gasteiger partial charge on any atom is 0.306 e. The van der Waals surface area contributed by atoms with E-state index in [1.807, 2.05) is 20.8 Å². The summed E-state index contributed by atoms with van der Waals surface area (Å²) in [6, 6.07) is 0. The van der Waals surface area contributed by atoms with Crippen LogP contribution in [0.5, 0.6) is 0 Å². The van der Waals surface area contributed by atoms with Gasteiger partial charge in [0.05, 0.1) is 6.10 Å². The Morgan fingerprint density at radius 3 is 2.42 bits per heavy atom. The number of rotatable bonds is 15. The van der Waals surface area contributed by atoms with Crippen LogP contribution in [0.25, 0.3) is 0 Å². The Bertz CT molecular complexity index is 339. The lowest BCUT2D eigenvalue weighted by Crippen LogP contribution is -2.23. The number of unbranched alkanes of at least 4 members (excludes halogenated alkanes) is 3. The molecule has 0 aromatic heterocycles. The topological polar surface area (TPSA) is 52.6 Å². The first-order chi connectivity index (χ1) is 11.3. The fourth-order valence-electron chi connectivity index (χ4n) is 2.97. The molecule has 0 aromatic rings. The Hall–Kier alpha value is -1.06. The van der Waals surface area contributed by atoms with Crippen LogP contribution >= 0.6 is 0 Å². The van der Waals surface area contributed by atoms with E-state index in [9.17, 15) is 9.59 Å². The van der Waals surface area contributed by atoms with Gasteiger partial charge in [-0.1, -0.05) is 46.0 Å². The molecule has 0 saturated carbocycles. The molecule has 0 N–H and O–H groups in total.